The first kappa shape index (κ1) is 8.31. The molecule has 0 aliphatic carbocycles. The first-order valence-electron chi connectivity index (χ1n) is 3.99. The molecule has 2 heterocycles. The van der Waals surface area contributed by atoms with E-state index in [2.05, 4.69) is 14.3 Å². The van der Waals surface area contributed by atoms with Crippen molar-refractivity contribution in [1.82, 2.24) is 14.3 Å². The van der Waals surface area contributed by atoms with Crippen molar-refractivity contribution in [3.05, 3.63) is 29.8 Å². The minimum atomic E-state index is 0.822. The van der Waals surface area contributed by atoms with Gasteiger partial charge in [0.05, 0.1) is 0 Å². The number of nitrogens with zero attached hydrogens (tertiary/aromatic N) is 3. The summed E-state index contributed by atoms with van der Waals surface area (Å²) in [5.74, 6) is 0.822. The average Bonchev–Trinajstić information content (AvgIpc) is 2.53. The van der Waals surface area contributed by atoms with E-state index in [-0.39, 0.29) is 0 Å². The molecular formula is C9H9N3S. The highest BCUT2D eigenvalue weighted by Gasteiger charge is 2.06. The second-order valence-corrected chi connectivity index (χ2v) is 3.53. The number of hydrogen-bond donors (Lipinski definition) is 0. The maximum Gasteiger partial charge on any atom is 0.145 e. The van der Waals surface area contributed by atoms with E-state index >= 15 is 0 Å². The highest BCUT2D eigenvalue weighted by atomic mass is 32.1. The summed E-state index contributed by atoms with van der Waals surface area (Å²) < 4.78 is 4.14. The van der Waals surface area contributed by atoms with Crippen LogP contribution in [-0.2, 0) is 0 Å². The Balaban J connectivity index is 2.52. The summed E-state index contributed by atoms with van der Waals surface area (Å²) in [6, 6.07) is 3.93. The summed E-state index contributed by atoms with van der Waals surface area (Å²) >= 11 is 1.42. The predicted octanol–water partition coefficient (Wildman–Crippen LogP) is 2.22. The smallest absolute Gasteiger partial charge is 0.145 e. The molecule has 2 aromatic heterocycles. The SMILES string of the molecule is Cc1nsc(-c2cccnc2C)n1. The lowest BCUT2D eigenvalue weighted by Gasteiger charge is -1.97. The number of pyridine rings is 1. The molecular weight excluding hydrogens is 182 g/mol. The first-order chi connectivity index (χ1) is 6.27. The van der Waals surface area contributed by atoms with Crippen LogP contribution in [0.2, 0.25) is 0 Å². The molecule has 2 rings (SSSR count). The average molecular weight is 191 g/mol. The lowest BCUT2D eigenvalue weighted by molar-refractivity contribution is 1.15. The molecule has 0 aromatic carbocycles. The van der Waals surface area contributed by atoms with Crippen molar-refractivity contribution in [2.45, 2.75) is 13.8 Å². The molecule has 0 spiro atoms. The van der Waals surface area contributed by atoms with E-state index in [0.717, 1.165) is 22.1 Å². The minimum Gasteiger partial charge on any atom is -0.261 e. The molecule has 0 aliphatic heterocycles. The fraction of sp³-hybridized carbons (Fsp3) is 0.222. The molecule has 0 atom stereocenters. The van der Waals surface area contributed by atoms with Crippen LogP contribution < -0.4 is 0 Å². The van der Waals surface area contributed by atoms with E-state index in [4.69, 9.17) is 0 Å². The van der Waals surface area contributed by atoms with Crippen LogP contribution in [0.4, 0.5) is 0 Å². The van der Waals surface area contributed by atoms with Crippen LogP contribution in [0.3, 0.4) is 0 Å². The molecule has 4 heteroatoms. The van der Waals surface area contributed by atoms with Crippen molar-refractivity contribution >= 4 is 11.5 Å². The molecule has 0 fully saturated rings. The van der Waals surface area contributed by atoms with Gasteiger partial charge in [0, 0.05) is 17.5 Å². The van der Waals surface area contributed by atoms with Gasteiger partial charge in [0.25, 0.3) is 0 Å². The van der Waals surface area contributed by atoms with Crippen LogP contribution in [0.15, 0.2) is 18.3 Å². The second kappa shape index (κ2) is 3.22. The Morgan fingerprint density at radius 1 is 1.31 bits per heavy atom. The third kappa shape index (κ3) is 1.58. The number of hydrogen-bond acceptors (Lipinski definition) is 4. The molecule has 0 amide bonds. The summed E-state index contributed by atoms with van der Waals surface area (Å²) in [4.78, 5) is 8.51. The van der Waals surface area contributed by atoms with Crippen molar-refractivity contribution in [3.8, 4) is 10.6 Å². The summed E-state index contributed by atoms with van der Waals surface area (Å²) in [7, 11) is 0. The largest absolute Gasteiger partial charge is 0.261 e. The Kier molecular flexibility index (Phi) is 2.06. The quantitative estimate of drug-likeness (QED) is 0.693. The lowest BCUT2D eigenvalue weighted by atomic mass is 10.2. The van der Waals surface area contributed by atoms with Crippen LogP contribution in [-0.4, -0.2) is 14.3 Å². The Morgan fingerprint density at radius 2 is 2.15 bits per heavy atom. The highest BCUT2D eigenvalue weighted by molar-refractivity contribution is 7.09. The van der Waals surface area contributed by atoms with Gasteiger partial charge in [0.1, 0.15) is 10.8 Å². The molecule has 0 aliphatic rings. The summed E-state index contributed by atoms with van der Waals surface area (Å²) in [6.45, 7) is 3.87. The Hall–Kier alpha value is -1.29. The van der Waals surface area contributed by atoms with Gasteiger partial charge in [-0.2, -0.15) is 4.37 Å². The van der Waals surface area contributed by atoms with Gasteiger partial charge in [0.15, 0.2) is 0 Å². The minimum absolute atomic E-state index is 0.822. The van der Waals surface area contributed by atoms with Gasteiger partial charge in [-0.25, -0.2) is 4.98 Å². The maximum absolute atomic E-state index is 4.31. The monoisotopic (exact) mass is 191 g/mol. The number of aryl methyl sites for hydroxylation is 2. The van der Waals surface area contributed by atoms with Gasteiger partial charge in [-0.1, -0.05) is 0 Å². The van der Waals surface area contributed by atoms with Crippen LogP contribution in [0.1, 0.15) is 11.5 Å². The molecule has 66 valence electrons. The van der Waals surface area contributed by atoms with Crippen LogP contribution in [0.25, 0.3) is 10.6 Å². The summed E-state index contributed by atoms with van der Waals surface area (Å²) in [6.07, 6.45) is 1.78. The molecule has 0 saturated carbocycles. The second-order valence-electron chi connectivity index (χ2n) is 2.78. The third-order valence-corrected chi connectivity index (χ3v) is 2.60. The molecule has 0 bridgehead atoms. The van der Waals surface area contributed by atoms with Crippen molar-refractivity contribution in [2.75, 3.05) is 0 Å². The maximum atomic E-state index is 4.31. The number of aromatic nitrogens is 3. The van der Waals surface area contributed by atoms with Crippen molar-refractivity contribution in [1.29, 1.82) is 0 Å². The highest BCUT2D eigenvalue weighted by Crippen LogP contribution is 2.22. The van der Waals surface area contributed by atoms with Crippen LogP contribution >= 0.6 is 11.5 Å². The zero-order valence-electron chi connectivity index (χ0n) is 7.48. The Labute approximate surface area is 80.7 Å². The standard InChI is InChI=1S/C9H9N3S/c1-6-8(4-3-5-10-6)9-11-7(2)12-13-9/h3-5H,1-2H3. The summed E-state index contributed by atoms with van der Waals surface area (Å²) in [5.41, 5.74) is 2.08. The van der Waals surface area contributed by atoms with Crippen molar-refractivity contribution in [3.63, 3.8) is 0 Å². The van der Waals surface area contributed by atoms with Gasteiger partial charge in [-0.05, 0) is 37.5 Å². The fourth-order valence-electron chi connectivity index (χ4n) is 1.12. The number of rotatable bonds is 1. The van der Waals surface area contributed by atoms with Gasteiger partial charge < -0.3 is 0 Å². The van der Waals surface area contributed by atoms with Crippen LogP contribution in [0.5, 0.6) is 0 Å². The predicted molar refractivity (Wildman–Crippen MR) is 52.6 cm³/mol. The van der Waals surface area contributed by atoms with Crippen molar-refractivity contribution < 1.29 is 0 Å². The summed E-state index contributed by atoms with van der Waals surface area (Å²) in [5, 5.41) is 0.947. The van der Waals surface area contributed by atoms with E-state index in [1.807, 2.05) is 26.0 Å². The van der Waals surface area contributed by atoms with Gasteiger partial charge in [-0.15, -0.1) is 0 Å². The Morgan fingerprint density at radius 3 is 2.77 bits per heavy atom. The van der Waals surface area contributed by atoms with E-state index in [1.165, 1.54) is 11.5 Å². The molecule has 0 radical (unpaired) electrons. The lowest BCUT2D eigenvalue weighted by Crippen LogP contribution is -1.85. The van der Waals surface area contributed by atoms with E-state index < -0.39 is 0 Å². The van der Waals surface area contributed by atoms with Gasteiger partial charge >= 0.3 is 0 Å². The zero-order chi connectivity index (χ0) is 9.26. The van der Waals surface area contributed by atoms with E-state index in [0.29, 0.717) is 0 Å². The Bertz CT molecular complexity index is 422. The zero-order valence-corrected chi connectivity index (χ0v) is 8.30. The first-order valence-corrected chi connectivity index (χ1v) is 4.77. The third-order valence-electron chi connectivity index (χ3n) is 1.76. The van der Waals surface area contributed by atoms with E-state index in [9.17, 15) is 0 Å². The van der Waals surface area contributed by atoms with Gasteiger partial charge in [-0.3, -0.25) is 4.98 Å². The van der Waals surface area contributed by atoms with E-state index in [1.54, 1.807) is 6.20 Å². The topological polar surface area (TPSA) is 38.7 Å². The molecule has 3 nitrogen and oxygen atoms in total. The fourth-order valence-corrected chi connectivity index (χ4v) is 1.86. The molecule has 0 N–H and O–H groups in total. The normalized spacial score (nSPS) is 10.3. The molecule has 2 aromatic rings. The van der Waals surface area contributed by atoms with Crippen LogP contribution in [0, 0.1) is 13.8 Å². The molecule has 0 saturated heterocycles. The van der Waals surface area contributed by atoms with Crippen molar-refractivity contribution in [2.24, 2.45) is 0 Å². The van der Waals surface area contributed by atoms with Gasteiger partial charge in [0.2, 0.25) is 0 Å². The molecule has 13 heavy (non-hydrogen) atoms. The molecule has 0 unspecified atom stereocenters.